The molecule has 0 aromatic heterocycles. The summed E-state index contributed by atoms with van der Waals surface area (Å²) in [7, 11) is 0. The van der Waals surface area contributed by atoms with Gasteiger partial charge < -0.3 is 4.74 Å². The van der Waals surface area contributed by atoms with Crippen LogP contribution in [0.15, 0.2) is 42.5 Å². The van der Waals surface area contributed by atoms with Crippen LogP contribution in [0, 0.1) is 5.82 Å². The van der Waals surface area contributed by atoms with Crippen LogP contribution >= 0.6 is 11.6 Å². The normalized spacial score (nSPS) is 17.4. The summed E-state index contributed by atoms with van der Waals surface area (Å²) in [5.41, 5.74) is 2.73. The monoisotopic (exact) mass is 290 g/mol. The number of fused-ring (bicyclic) bond motifs is 1. The third-order valence-corrected chi connectivity index (χ3v) is 4.02. The van der Waals surface area contributed by atoms with Crippen molar-refractivity contribution in [2.45, 2.75) is 31.2 Å². The summed E-state index contributed by atoms with van der Waals surface area (Å²) in [6, 6.07) is 12.4. The van der Waals surface area contributed by atoms with E-state index in [9.17, 15) is 4.39 Å². The van der Waals surface area contributed by atoms with Crippen LogP contribution in [0.2, 0.25) is 0 Å². The second kappa shape index (κ2) is 4.78. The maximum atomic E-state index is 13.3. The molecule has 2 aromatic carbocycles. The van der Waals surface area contributed by atoms with Crippen molar-refractivity contribution in [3.05, 3.63) is 65.0 Å². The van der Waals surface area contributed by atoms with Crippen LogP contribution in [-0.2, 0) is 6.42 Å². The van der Waals surface area contributed by atoms with Crippen molar-refractivity contribution in [2.24, 2.45) is 0 Å². The van der Waals surface area contributed by atoms with E-state index in [1.54, 1.807) is 6.07 Å². The third-order valence-electron chi connectivity index (χ3n) is 3.52. The lowest BCUT2D eigenvalue weighted by Gasteiger charge is -2.16. The Labute approximate surface area is 123 Å². The summed E-state index contributed by atoms with van der Waals surface area (Å²) >= 11 is 6.47. The Morgan fingerprint density at radius 2 is 1.90 bits per heavy atom. The number of ether oxygens (including phenoxy) is 1. The highest BCUT2D eigenvalue weighted by Gasteiger charge is 2.30. The van der Waals surface area contributed by atoms with Gasteiger partial charge in [-0.1, -0.05) is 24.3 Å². The predicted octanol–water partition coefficient (Wildman–Crippen LogP) is 4.87. The molecule has 3 rings (SSSR count). The van der Waals surface area contributed by atoms with E-state index in [1.165, 1.54) is 12.1 Å². The molecule has 0 amide bonds. The van der Waals surface area contributed by atoms with E-state index in [2.05, 4.69) is 19.9 Å². The second-order valence-corrected chi connectivity index (χ2v) is 6.26. The number of alkyl halides is 1. The number of rotatable bonds is 2. The standard InChI is InChI=1S/C17H16ClFO/c1-17(2)10-13-8-12(6-7-15(13)20-17)16(18)11-4-3-5-14(19)9-11/h3-9,16H,10H2,1-2H3. The van der Waals surface area contributed by atoms with Gasteiger partial charge in [-0.25, -0.2) is 4.39 Å². The van der Waals surface area contributed by atoms with Crippen molar-refractivity contribution < 1.29 is 9.13 Å². The van der Waals surface area contributed by atoms with Gasteiger partial charge in [-0.05, 0) is 48.7 Å². The molecule has 1 nitrogen and oxygen atoms in total. The summed E-state index contributed by atoms with van der Waals surface area (Å²) < 4.78 is 19.1. The van der Waals surface area contributed by atoms with Crippen LogP contribution in [0.1, 0.15) is 35.9 Å². The SMILES string of the molecule is CC1(C)Cc2cc(C(Cl)c3cccc(F)c3)ccc2O1. The van der Waals surface area contributed by atoms with E-state index in [-0.39, 0.29) is 16.8 Å². The van der Waals surface area contributed by atoms with Gasteiger partial charge in [-0.2, -0.15) is 0 Å². The summed E-state index contributed by atoms with van der Waals surface area (Å²) in [6.45, 7) is 4.13. The van der Waals surface area contributed by atoms with Crippen LogP contribution in [-0.4, -0.2) is 5.60 Å². The Morgan fingerprint density at radius 1 is 1.15 bits per heavy atom. The molecular formula is C17H16ClFO. The van der Waals surface area contributed by atoms with Gasteiger partial charge >= 0.3 is 0 Å². The van der Waals surface area contributed by atoms with Crippen molar-refractivity contribution in [3.63, 3.8) is 0 Å². The lowest BCUT2D eigenvalue weighted by Crippen LogP contribution is -2.24. The molecular weight excluding hydrogens is 275 g/mol. The first-order valence-corrected chi connectivity index (χ1v) is 7.10. The third kappa shape index (κ3) is 2.53. The fourth-order valence-corrected chi connectivity index (χ4v) is 2.92. The van der Waals surface area contributed by atoms with E-state index >= 15 is 0 Å². The molecule has 0 aliphatic carbocycles. The molecule has 1 unspecified atom stereocenters. The van der Waals surface area contributed by atoms with Crippen LogP contribution in [0.4, 0.5) is 4.39 Å². The number of hydrogen-bond acceptors (Lipinski definition) is 1. The van der Waals surface area contributed by atoms with E-state index in [0.29, 0.717) is 0 Å². The average molecular weight is 291 g/mol. The number of benzene rings is 2. The van der Waals surface area contributed by atoms with Crippen molar-refractivity contribution in [2.75, 3.05) is 0 Å². The molecule has 1 atom stereocenters. The second-order valence-electron chi connectivity index (χ2n) is 5.82. The lowest BCUT2D eigenvalue weighted by atomic mass is 9.97. The van der Waals surface area contributed by atoms with E-state index in [1.807, 2.05) is 18.2 Å². The van der Waals surface area contributed by atoms with Crippen molar-refractivity contribution >= 4 is 11.6 Å². The maximum absolute atomic E-state index is 13.3. The first-order valence-electron chi connectivity index (χ1n) is 6.66. The Bertz CT molecular complexity index is 651. The van der Waals surface area contributed by atoms with Crippen LogP contribution in [0.5, 0.6) is 5.75 Å². The first-order chi connectivity index (χ1) is 9.44. The number of halogens is 2. The number of hydrogen-bond donors (Lipinski definition) is 0. The molecule has 0 bridgehead atoms. The molecule has 0 saturated heterocycles. The van der Waals surface area contributed by atoms with Crippen LogP contribution in [0.3, 0.4) is 0 Å². The molecule has 0 spiro atoms. The zero-order chi connectivity index (χ0) is 14.3. The Hall–Kier alpha value is -1.54. The van der Waals surface area contributed by atoms with Crippen molar-refractivity contribution in [1.29, 1.82) is 0 Å². The van der Waals surface area contributed by atoms with Gasteiger partial charge in [0.1, 0.15) is 17.2 Å². The Morgan fingerprint density at radius 3 is 2.65 bits per heavy atom. The molecule has 0 fully saturated rings. The van der Waals surface area contributed by atoms with Crippen molar-refractivity contribution in [1.82, 2.24) is 0 Å². The summed E-state index contributed by atoms with van der Waals surface area (Å²) in [5.74, 6) is 0.653. The van der Waals surface area contributed by atoms with Gasteiger partial charge in [-0.15, -0.1) is 11.6 Å². The van der Waals surface area contributed by atoms with Gasteiger partial charge in [0.15, 0.2) is 0 Å². The molecule has 1 heterocycles. The average Bonchev–Trinajstić information content (AvgIpc) is 2.70. The summed E-state index contributed by atoms with van der Waals surface area (Å²) in [5, 5.41) is -0.347. The molecule has 1 aliphatic heterocycles. The molecule has 104 valence electrons. The molecule has 0 radical (unpaired) electrons. The predicted molar refractivity (Wildman–Crippen MR) is 78.9 cm³/mol. The fourth-order valence-electron chi connectivity index (χ4n) is 2.64. The Balaban J connectivity index is 1.93. The summed E-state index contributed by atoms with van der Waals surface area (Å²) in [6.07, 6.45) is 0.864. The van der Waals surface area contributed by atoms with Crippen LogP contribution in [0.25, 0.3) is 0 Å². The minimum absolute atomic E-state index is 0.165. The van der Waals surface area contributed by atoms with Gasteiger partial charge in [-0.3, -0.25) is 0 Å². The maximum Gasteiger partial charge on any atom is 0.123 e. The smallest absolute Gasteiger partial charge is 0.123 e. The Kier molecular flexibility index (Phi) is 3.21. The first kappa shape index (κ1) is 13.4. The van der Waals surface area contributed by atoms with E-state index < -0.39 is 0 Å². The largest absolute Gasteiger partial charge is 0.487 e. The minimum Gasteiger partial charge on any atom is -0.487 e. The summed E-state index contributed by atoms with van der Waals surface area (Å²) in [4.78, 5) is 0. The molecule has 3 heteroatoms. The molecule has 0 N–H and O–H groups in total. The fraction of sp³-hybridized carbons (Fsp3) is 0.294. The minimum atomic E-state index is -0.347. The van der Waals surface area contributed by atoms with E-state index in [4.69, 9.17) is 16.3 Å². The zero-order valence-electron chi connectivity index (χ0n) is 11.5. The molecule has 20 heavy (non-hydrogen) atoms. The van der Waals surface area contributed by atoms with E-state index in [0.717, 1.165) is 28.9 Å². The van der Waals surface area contributed by atoms with Gasteiger partial charge in [0.05, 0.1) is 5.38 Å². The lowest BCUT2D eigenvalue weighted by molar-refractivity contribution is 0.138. The highest BCUT2D eigenvalue weighted by atomic mass is 35.5. The molecule has 1 aliphatic rings. The molecule has 0 saturated carbocycles. The van der Waals surface area contributed by atoms with Gasteiger partial charge in [0, 0.05) is 6.42 Å². The zero-order valence-corrected chi connectivity index (χ0v) is 12.2. The van der Waals surface area contributed by atoms with Gasteiger partial charge in [0.2, 0.25) is 0 Å². The molecule has 2 aromatic rings. The topological polar surface area (TPSA) is 9.23 Å². The highest BCUT2D eigenvalue weighted by Crippen LogP contribution is 2.38. The highest BCUT2D eigenvalue weighted by molar-refractivity contribution is 6.22. The van der Waals surface area contributed by atoms with Gasteiger partial charge in [0.25, 0.3) is 0 Å². The van der Waals surface area contributed by atoms with Crippen LogP contribution < -0.4 is 4.74 Å². The quantitative estimate of drug-likeness (QED) is 0.717. The van der Waals surface area contributed by atoms with Crippen molar-refractivity contribution in [3.8, 4) is 5.75 Å².